The lowest BCUT2D eigenvalue weighted by Gasteiger charge is -2.28. The molecule has 0 saturated carbocycles. The third-order valence-electron chi connectivity index (χ3n) is 5.67. The van der Waals surface area contributed by atoms with Gasteiger partial charge in [0.15, 0.2) is 6.10 Å². The van der Waals surface area contributed by atoms with E-state index in [1.807, 2.05) is 54.6 Å². The Kier molecular flexibility index (Phi) is 5.00. The minimum Gasteiger partial charge on any atom is -0.497 e. The van der Waals surface area contributed by atoms with E-state index in [1.165, 1.54) is 4.90 Å². The molecule has 2 heterocycles. The number of hydroxylamine groups is 1. The van der Waals surface area contributed by atoms with Gasteiger partial charge in [-0.25, -0.2) is 9.96 Å². The molecule has 6 nitrogen and oxygen atoms in total. The summed E-state index contributed by atoms with van der Waals surface area (Å²) in [4.78, 5) is 34.2. The molecule has 2 saturated heterocycles. The second-order valence-corrected chi connectivity index (χ2v) is 8.34. The number of carbonyl (C=O) groups is 2. The van der Waals surface area contributed by atoms with E-state index in [4.69, 9.17) is 9.57 Å². The highest BCUT2D eigenvalue weighted by Crippen LogP contribution is 2.47. The van der Waals surface area contributed by atoms with Gasteiger partial charge in [-0.1, -0.05) is 46.3 Å². The van der Waals surface area contributed by atoms with Crippen molar-refractivity contribution in [3.8, 4) is 5.75 Å². The number of halogens is 1. The van der Waals surface area contributed by atoms with Crippen molar-refractivity contribution in [1.29, 1.82) is 0 Å². The van der Waals surface area contributed by atoms with E-state index in [1.54, 1.807) is 36.4 Å². The number of nitrogens with zero attached hydrogens (tertiary/aromatic N) is 2. The van der Waals surface area contributed by atoms with Gasteiger partial charge in [-0.15, -0.1) is 0 Å². The third kappa shape index (κ3) is 3.30. The van der Waals surface area contributed by atoms with Gasteiger partial charge in [-0.05, 0) is 54.1 Å². The molecule has 0 aromatic heterocycles. The van der Waals surface area contributed by atoms with Crippen molar-refractivity contribution < 1.29 is 19.2 Å². The van der Waals surface area contributed by atoms with Crippen LogP contribution >= 0.6 is 15.9 Å². The van der Waals surface area contributed by atoms with E-state index < -0.39 is 18.1 Å². The fourth-order valence-electron chi connectivity index (χ4n) is 4.20. The summed E-state index contributed by atoms with van der Waals surface area (Å²) in [7, 11) is 1.57. The summed E-state index contributed by atoms with van der Waals surface area (Å²) in [5.41, 5.74) is 2.20. The summed E-state index contributed by atoms with van der Waals surface area (Å²) in [6.07, 6.45) is -0.886. The lowest BCUT2D eigenvalue weighted by molar-refractivity contribution is -0.126. The van der Waals surface area contributed by atoms with Gasteiger partial charge in [0, 0.05) is 4.47 Å². The first-order valence-electron chi connectivity index (χ1n) is 9.87. The summed E-state index contributed by atoms with van der Waals surface area (Å²) in [6.45, 7) is 0. The van der Waals surface area contributed by atoms with Crippen LogP contribution in [-0.4, -0.2) is 25.0 Å². The molecule has 156 valence electrons. The molecule has 2 aliphatic rings. The third-order valence-corrected chi connectivity index (χ3v) is 6.20. The molecule has 3 aromatic carbocycles. The van der Waals surface area contributed by atoms with Crippen LogP contribution in [0.1, 0.15) is 11.6 Å². The van der Waals surface area contributed by atoms with Crippen LogP contribution in [0.3, 0.4) is 0 Å². The second kappa shape index (κ2) is 7.83. The molecule has 0 N–H and O–H groups in total. The van der Waals surface area contributed by atoms with Crippen LogP contribution in [0, 0.1) is 5.92 Å². The van der Waals surface area contributed by atoms with Gasteiger partial charge in [0.2, 0.25) is 5.91 Å². The Labute approximate surface area is 188 Å². The summed E-state index contributed by atoms with van der Waals surface area (Å²) in [5, 5.41) is 1.69. The fourth-order valence-corrected chi connectivity index (χ4v) is 4.47. The van der Waals surface area contributed by atoms with E-state index >= 15 is 0 Å². The highest BCUT2D eigenvalue weighted by molar-refractivity contribution is 9.10. The normalized spacial score (nSPS) is 22.7. The number of ether oxygens (including phenoxy) is 1. The summed E-state index contributed by atoms with van der Waals surface area (Å²) in [5.74, 6) is -0.627. The molecule has 2 amide bonds. The standard InChI is InChI=1S/C24H19BrN2O4/c1-30-19-13-11-17(12-14-19)26-23(28)20-21(15-5-3-2-4-6-15)27(31-22(20)24(26)29)18-9-7-16(25)8-10-18/h2-14,20-22H,1H3. The van der Waals surface area contributed by atoms with E-state index in [9.17, 15) is 9.59 Å². The first-order chi connectivity index (χ1) is 15.1. The number of imide groups is 1. The Morgan fingerprint density at radius 1 is 0.839 bits per heavy atom. The first-order valence-corrected chi connectivity index (χ1v) is 10.7. The molecular formula is C24H19BrN2O4. The maximum Gasteiger partial charge on any atom is 0.266 e. The van der Waals surface area contributed by atoms with Crippen LogP contribution in [-0.2, 0) is 14.4 Å². The number of carbonyl (C=O) groups excluding carboxylic acids is 2. The Morgan fingerprint density at radius 3 is 2.13 bits per heavy atom. The average molecular weight is 479 g/mol. The van der Waals surface area contributed by atoms with Crippen LogP contribution < -0.4 is 14.7 Å². The molecule has 0 bridgehead atoms. The lowest BCUT2D eigenvalue weighted by Crippen LogP contribution is -2.37. The monoisotopic (exact) mass is 478 g/mol. The first kappa shape index (κ1) is 19.8. The predicted octanol–water partition coefficient (Wildman–Crippen LogP) is 4.51. The van der Waals surface area contributed by atoms with E-state index in [0.29, 0.717) is 11.4 Å². The minimum absolute atomic E-state index is 0.270. The van der Waals surface area contributed by atoms with E-state index in [-0.39, 0.29) is 11.8 Å². The Balaban J connectivity index is 1.55. The van der Waals surface area contributed by atoms with Crippen molar-refractivity contribution in [2.24, 2.45) is 5.92 Å². The molecule has 31 heavy (non-hydrogen) atoms. The van der Waals surface area contributed by atoms with Gasteiger partial charge in [0.1, 0.15) is 11.7 Å². The van der Waals surface area contributed by atoms with Crippen molar-refractivity contribution in [3.63, 3.8) is 0 Å². The zero-order valence-corrected chi connectivity index (χ0v) is 18.2. The molecule has 3 atom stereocenters. The molecule has 3 aromatic rings. The average Bonchev–Trinajstić information content (AvgIpc) is 3.31. The Hall–Kier alpha value is -3.16. The van der Waals surface area contributed by atoms with Crippen LogP contribution in [0.4, 0.5) is 11.4 Å². The number of methoxy groups -OCH3 is 1. The fraction of sp³-hybridized carbons (Fsp3) is 0.167. The van der Waals surface area contributed by atoms with E-state index in [0.717, 1.165) is 15.7 Å². The second-order valence-electron chi connectivity index (χ2n) is 7.42. The van der Waals surface area contributed by atoms with Gasteiger partial charge in [0.05, 0.1) is 24.5 Å². The SMILES string of the molecule is COc1ccc(N2C(=O)C3ON(c4ccc(Br)cc4)C(c4ccccc4)C3C2=O)cc1. The highest BCUT2D eigenvalue weighted by Gasteiger charge is 2.60. The zero-order valence-electron chi connectivity index (χ0n) is 16.6. The molecular weight excluding hydrogens is 460 g/mol. The van der Waals surface area contributed by atoms with Crippen molar-refractivity contribution >= 4 is 39.1 Å². The molecule has 2 fully saturated rings. The smallest absolute Gasteiger partial charge is 0.266 e. The molecule has 0 spiro atoms. The van der Waals surface area contributed by atoms with Crippen LogP contribution in [0.2, 0.25) is 0 Å². The molecule has 2 aliphatic heterocycles. The largest absolute Gasteiger partial charge is 0.497 e. The Bertz CT molecular complexity index is 1120. The summed E-state index contributed by atoms with van der Waals surface area (Å²) in [6, 6.07) is 23.7. The number of hydrogen-bond donors (Lipinski definition) is 0. The van der Waals surface area contributed by atoms with Gasteiger partial charge >= 0.3 is 0 Å². The summed E-state index contributed by atoms with van der Waals surface area (Å²) >= 11 is 3.44. The van der Waals surface area contributed by atoms with Gasteiger partial charge in [-0.2, -0.15) is 0 Å². The molecule has 0 aliphatic carbocycles. The quantitative estimate of drug-likeness (QED) is 0.516. The molecule has 7 heteroatoms. The van der Waals surface area contributed by atoms with Crippen LogP contribution in [0.15, 0.2) is 83.3 Å². The van der Waals surface area contributed by atoms with Crippen LogP contribution in [0.5, 0.6) is 5.75 Å². The highest BCUT2D eigenvalue weighted by atomic mass is 79.9. The minimum atomic E-state index is -0.886. The van der Waals surface area contributed by atoms with E-state index in [2.05, 4.69) is 15.9 Å². The van der Waals surface area contributed by atoms with Crippen molar-refractivity contribution in [2.75, 3.05) is 17.1 Å². The number of hydrogen-bond acceptors (Lipinski definition) is 5. The predicted molar refractivity (Wildman–Crippen MR) is 120 cm³/mol. The Morgan fingerprint density at radius 2 is 1.48 bits per heavy atom. The number of rotatable bonds is 4. The van der Waals surface area contributed by atoms with Gasteiger partial charge in [-0.3, -0.25) is 14.4 Å². The molecule has 0 radical (unpaired) electrons. The number of benzene rings is 3. The molecule has 3 unspecified atom stereocenters. The van der Waals surface area contributed by atoms with Gasteiger partial charge in [0.25, 0.3) is 5.91 Å². The van der Waals surface area contributed by atoms with Crippen molar-refractivity contribution in [3.05, 3.63) is 88.9 Å². The van der Waals surface area contributed by atoms with Gasteiger partial charge < -0.3 is 4.74 Å². The number of anilines is 2. The van der Waals surface area contributed by atoms with Crippen LogP contribution in [0.25, 0.3) is 0 Å². The molecule has 5 rings (SSSR count). The lowest BCUT2D eigenvalue weighted by atomic mass is 9.90. The number of fused-ring (bicyclic) bond motifs is 1. The maximum atomic E-state index is 13.5. The number of amides is 2. The van der Waals surface area contributed by atoms with Crippen molar-refractivity contribution in [2.45, 2.75) is 12.1 Å². The van der Waals surface area contributed by atoms with Crippen molar-refractivity contribution in [1.82, 2.24) is 0 Å². The zero-order chi connectivity index (χ0) is 21.5. The summed E-state index contributed by atoms with van der Waals surface area (Å²) < 4.78 is 6.12. The topological polar surface area (TPSA) is 59.1 Å². The maximum absolute atomic E-state index is 13.5.